The lowest BCUT2D eigenvalue weighted by atomic mass is 10.1. The van der Waals surface area contributed by atoms with E-state index < -0.39 is 0 Å². The first-order valence-electron chi connectivity index (χ1n) is 7.85. The second-order valence-corrected chi connectivity index (χ2v) is 6.84. The van der Waals surface area contributed by atoms with E-state index in [1.54, 1.807) is 25.8 Å². The van der Waals surface area contributed by atoms with Crippen molar-refractivity contribution in [3.8, 4) is 5.75 Å². The van der Waals surface area contributed by atoms with Gasteiger partial charge in [-0.15, -0.1) is 11.8 Å². The van der Waals surface area contributed by atoms with Crippen molar-refractivity contribution in [2.45, 2.75) is 36.3 Å². The molecule has 0 saturated carbocycles. The minimum atomic E-state index is -0.234. The van der Waals surface area contributed by atoms with E-state index in [-0.39, 0.29) is 17.0 Å². The fraction of sp³-hybridized carbons (Fsp3) is 0.368. The lowest BCUT2D eigenvalue weighted by molar-refractivity contribution is -0.140. The molecule has 0 N–H and O–H groups in total. The molecule has 0 spiro atoms. The Labute approximate surface area is 146 Å². The summed E-state index contributed by atoms with van der Waals surface area (Å²) in [6, 6.07) is 12.1. The summed E-state index contributed by atoms with van der Waals surface area (Å²) in [5.74, 6) is 0.717. The van der Waals surface area contributed by atoms with Gasteiger partial charge in [-0.2, -0.15) is 0 Å². The summed E-state index contributed by atoms with van der Waals surface area (Å²) < 4.78 is 9.87. The van der Waals surface area contributed by atoms with Gasteiger partial charge in [0.25, 0.3) is 0 Å². The lowest BCUT2D eigenvalue weighted by Gasteiger charge is -2.14. The van der Waals surface area contributed by atoms with Crippen molar-refractivity contribution < 1.29 is 19.1 Å². The first-order chi connectivity index (χ1) is 11.5. The molecular formula is C19H22O4S. The molecule has 0 bridgehead atoms. The van der Waals surface area contributed by atoms with Crippen molar-refractivity contribution in [1.29, 1.82) is 0 Å². The second kappa shape index (κ2) is 8.73. The van der Waals surface area contributed by atoms with Gasteiger partial charge >= 0.3 is 5.97 Å². The number of fused-ring (bicyclic) bond motifs is 1. The Hall–Kier alpha value is -2.01. The van der Waals surface area contributed by atoms with Gasteiger partial charge in [0.05, 0.1) is 19.5 Å². The smallest absolute Gasteiger partial charge is 0.305 e. The number of Topliss-reactive ketones (excluding diaryl/α,β-unsaturated/α-hetero) is 1. The summed E-state index contributed by atoms with van der Waals surface area (Å²) in [5, 5.41) is 2.06. The number of methoxy groups -OCH3 is 2. The maximum Gasteiger partial charge on any atom is 0.305 e. The SMILES string of the molecule is COC(=O)CCCC(Sc1ccc2cc(OC)ccc2c1)C(C)=O. The third kappa shape index (κ3) is 4.99. The Bertz CT molecular complexity index is 726. The van der Waals surface area contributed by atoms with Gasteiger partial charge in [-0.1, -0.05) is 12.1 Å². The van der Waals surface area contributed by atoms with Crippen LogP contribution in [0.2, 0.25) is 0 Å². The van der Waals surface area contributed by atoms with Gasteiger partial charge in [0.1, 0.15) is 11.5 Å². The standard InChI is InChI=1S/C19H22O4S/c1-13(20)18(5-4-6-19(21)23-3)24-17-10-8-14-11-16(22-2)9-7-15(14)12-17/h7-12,18H,4-6H2,1-3H3. The molecule has 2 aromatic carbocycles. The van der Waals surface area contributed by atoms with E-state index in [0.29, 0.717) is 19.3 Å². The second-order valence-electron chi connectivity index (χ2n) is 5.56. The number of ether oxygens (including phenoxy) is 2. The van der Waals surface area contributed by atoms with Gasteiger partial charge < -0.3 is 9.47 Å². The Balaban J connectivity index is 2.07. The highest BCUT2D eigenvalue weighted by Gasteiger charge is 2.16. The van der Waals surface area contributed by atoms with E-state index in [1.165, 1.54) is 7.11 Å². The van der Waals surface area contributed by atoms with Crippen LogP contribution in [0.1, 0.15) is 26.2 Å². The number of hydrogen-bond acceptors (Lipinski definition) is 5. The summed E-state index contributed by atoms with van der Waals surface area (Å²) in [5.41, 5.74) is 0. The lowest BCUT2D eigenvalue weighted by Crippen LogP contribution is -2.14. The quantitative estimate of drug-likeness (QED) is 0.528. The maximum absolute atomic E-state index is 11.9. The van der Waals surface area contributed by atoms with Crippen molar-refractivity contribution in [1.82, 2.24) is 0 Å². The van der Waals surface area contributed by atoms with E-state index in [1.807, 2.05) is 30.3 Å². The summed E-state index contributed by atoms with van der Waals surface area (Å²) in [4.78, 5) is 24.1. The van der Waals surface area contributed by atoms with Crippen LogP contribution in [0.25, 0.3) is 10.8 Å². The molecule has 4 nitrogen and oxygen atoms in total. The van der Waals surface area contributed by atoms with Crippen molar-refractivity contribution in [2.24, 2.45) is 0 Å². The van der Waals surface area contributed by atoms with Crippen LogP contribution >= 0.6 is 11.8 Å². The van der Waals surface area contributed by atoms with Crippen LogP contribution in [-0.2, 0) is 14.3 Å². The Morgan fingerprint density at radius 2 is 1.79 bits per heavy atom. The van der Waals surface area contributed by atoms with Gasteiger partial charge in [-0.05, 0) is 54.8 Å². The van der Waals surface area contributed by atoms with Gasteiger partial charge in [0.15, 0.2) is 0 Å². The summed E-state index contributed by atoms with van der Waals surface area (Å²) in [6.45, 7) is 1.60. The fourth-order valence-electron chi connectivity index (χ4n) is 2.45. The van der Waals surface area contributed by atoms with Crippen molar-refractivity contribution >= 4 is 34.3 Å². The molecule has 0 radical (unpaired) electrons. The fourth-order valence-corrected chi connectivity index (χ4v) is 3.57. The predicted octanol–water partition coefficient (Wildman–Crippen LogP) is 4.24. The molecule has 0 amide bonds. The molecule has 2 aromatic rings. The monoisotopic (exact) mass is 346 g/mol. The minimum absolute atomic E-state index is 0.125. The largest absolute Gasteiger partial charge is 0.497 e. The summed E-state index contributed by atoms with van der Waals surface area (Å²) in [6.07, 6.45) is 1.66. The molecule has 0 aliphatic heterocycles. The third-order valence-electron chi connectivity index (χ3n) is 3.83. The van der Waals surface area contributed by atoms with E-state index in [4.69, 9.17) is 4.74 Å². The first kappa shape index (κ1) is 18.3. The Morgan fingerprint density at radius 1 is 1.08 bits per heavy atom. The van der Waals surface area contributed by atoms with E-state index in [2.05, 4.69) is 10.8 Å². The molecule has 1 unspecified atom stereocenters. The molecule has 0 aromatic heterocycles. The van der Waals surface area contributed by atoms with Crippen LogP contribution in [0.15, 0.2) is 41.3 Å². The van der Waals surface area contributed by atoms with Gasteiger partial charge in [0, 0.05) is 11.3 Å². The molecule has 0 heterocycles. The van der Waals surface area contributed by atoms with Crippen LogP contribution in [0, 0.1) is 0 Å². The topological polar surface area (TPSA) is 52.6 Å². The van der Waals surface area contributed by atoms with Gasteiger partial charge in [-0.25, -0.2) is 0 Å². The summed E-state index contributed by atoms with van der Waals surface area (Å²) in [7, 11) is 3.03. The molecule has 24 heavy (non-hydrogen) atoms. The Morgan fingerprint density at radius 3 is 2.46 bits per heavy atom. The molecule has 0 fully saturated rings. The number of carbonyl (C=O) groups excluding carboxylic acids is 2. The molecule has 2 rings (SSSR count). The minimum Gasteiger partial charge on any atom is -0.497 e. The highest BCUT2D eigenvalue weighted by molar-refractivity contribution is 8.00. The van der Waals surface area contributed by atoms with Crippen molar-refractivity contribution in [3.05, 3.63) is 36.4 Å². The van der Waals surface area contributed by atoms with Gasteiger partial charge in [-0.3, -0.25) is 9.59 Å². The number of rotatable bonds is 8. The molecular weight excluding hydrogens is 324 g/mol. The zero-order chi connectivity index (χ0) is 17.5. The molecule has 0 aliphatic rings. The van der Waals surface area contributed by atoms with E-state index >= 15 is 0 Å². The predicted molar refractivity (Wildman–Crippen MR) is 96.7 cm³/mol. The summed E-state index contributed by atoms with van der Waals surface area (Å²) >= 11 is 1.55. The number of esters is 1. The molecule has 128 valence electrons. The highest BCUT2D eigenvalue weighted by atomic mass is 32.2. The highest BCUT2D eigenvalue weighted by Crippen LogP contribution is 2.31. The van der Waals surface area contributed by atoms with Gasteiger partial charge in [0.2, 0.25) is 0 Å². The number of carbonyl (C=O) groups is 2. The van der Waals surface area contributed by atoms with Crippen molar-refractivity contribution in [3.63, 3.8) is 0 Å². The number of ketones is 1. The zero-order valence-corrected chi connectivity index (χ0v) is 15.0. The Kier molecular flexibility index (Phi) is 6.67. The first-order valence-corrected chi connectivity index (χ1v) is 8.73. The third-order valence-corrected chi connectivity index (χ3v) is 5.20. The van der Waals surface area contributed by atoms with Crippen LogP contribution in [-0.4, -0.2) is 31.2 Å². The number of benzene rings is 2. The maximum atomic E-state index is 11.9. The number of thioether (sulfide) groups is 1. The molecule has 0 saturated heterocycles. The zero-order valence-electron chi connectivity index (χ0n) is 14.2. The van der Waals surface area contributed by atoms with Crippen LogP contribution in [0.4, 0.5) is 0 Å². The van der Waals surface area contributed by atoms with E-state index in [9.17, 15) is 9.59 Å². The molecule has 1 atom stereocenters. The van der Waals surface area contributed by atoms with Crippen LogP contribution in [0.3, 0.4) is 0 Å². The average Bonchev–Trinajstić information content (AvgIpc) is 2.59. The van der Waals surface area contributed by atoms with E-state index in [0.717, 1.165) is 21.4 Å². The van der Waals surface area contributed by atoms with Crippen molar-refractivity contribution in [2.75, 3.05) is 14.2 Å². The normalized spacial score (nSPS) is 12.0. The molecule has 0 aliphatic carbocycles. The number of hydrogen-bond donors (Lipinski definition) is 0. The average molecular weight is 346 g/mol. The van der Waals surface area contributed by atoms with Crippen LogP contribution < -0.4 is 4.74 Å². The van der Waals surface area contributed by atoms with Crippen LogP contribution in [0.5, 0.6) is 5.75 Å². The molecule has 5 heteroatoms.